The second kappa shape index (κ2) is 9.14. The molecule has 1 atom stereocenters. The molecule has 1 aromatic carbocycles. The first-order valence-electron chi connectivity index (χ1n) is 11.5. The van der Waals surface area contributed by atoms with Crippen LogP contribution >= 0.6 is 0 Å². The Morgan fingerprint density at radius 3 is 2.40 bits per heavy atom. The molecule has 1 N–H and O–H groups in total. The molecule has 0 saturated carbocycles. The van der Waals surface area contributed by atoms with Crippen molar-refractivity contribution in [2.75, 3.05) is 6.61 Å². The fraction of sp³-hybridized carbons (Fsp3) is 0.630. The van der Waals surface area contributed by atoms with Gasteiger partial charge in [-0.25, -0.2) is 0 Å². The average molecular weight is 429 g/mol. The third kappa shape index (κ3) is 6.18. The maximum atomic E-state index is 11.2. The van der Waals surface area contributed by atoms with Gasteiger partial charge < -0.3 is 9.53 Å². The maximum Gasteiger partial charge on any atom is 0.191 e. The van der Waals surface area contributed by atoms with E-state index in [9.17, 15) is 5.11 Å². The van der Waals surface area contributed by atoms with Gasteiger partial charge in [0.25, 0.3) is 0 Å². The summed E-state index contributed by atoms with van der Waals surface area (Å²) in [5.41, 5.74) is 4.41. The maximum absolute atomic E-state index is 11.2. The Morgan fingerprint density at radius 1 is 1.13 bits per heavy atom. The van der Waals surface area contributed by atoms with Crippen LogP contribution in [-0.4, -0.2) is 20.0 Å². The van der Waals surface area contributed by atoms with E-state index in [1.165, 1.54) is 30.4 Å². The number of allylic oxidation sites excluding steroid dienone is 3. The standard InChI is InChI=1S/C27H44O2Si/c1-21-12-11-17-26(5,6)24(21)16-15-22-13-10-14-23(20-22)27(7,28)18-19-29-30(8,9)25(2,3)4/h10,13-16,20,28H,11-12,17-19H2,1-9H3/b16-15+. The Labute approximate surface area is 186 Å². The second-order valence-corrected chi connectivity index (χ2v) is 16.3. The van der Waals surface area contributed by atoms with Crippen LogP contribution in [0.5, 0.6) is 0 Å². The summed E-state index contributed by atoms with van der Waals surface area (Å²) < 4.78 is 6.30. The molecule has 0 fully saturated rings. The predicted octanol–water partition coefficient (Wildman–Crippen LogP) is 7.85. The summed E-state index contributed by atoms with van der Waals surface area (Å²) in [5, 5.41) is 11.3. The lowest BCUT2D eigenvalue weighted by Crippen LogP contribution is -2.41. The van der Waals surface area contributed by atoms with Crippen LogP contribution in [0.1, 0.15) is 85.3 Å². The molecule has 0 saturated heterocycles. The Balaban J connectivity index is 2.12. The molecule has 1 aromatic rings. The van der Waals surface area contributed by atoms with Crippen molar-refractivity contribution < 1.29 is 9.53 Å². The van der Waals surface area contributed by atoms with E-state index in [1.807, 2.05) is 19.1 Å². The zero-order chi connectivity index (χ0) is 22.8. The molecule has 0 radical (unpaired) electrons. The summed E-state index contributed by atoms with van der Waals surface area (Å²) in [6.45, 7) is 20.7. The fourth-order valence-corrected chi connectivity index (χ4v) is 5.08. The highest BCUT2D eigenvalue weighted by molar-refractivity contribution is 6.74. The molecular formula is C27H44O2Si. The van der Waals surface area contributed by atoms with E-state index >= 15 is 0 Å². The third-order valence-corrected chi connectivity index (χ3v) is 11.9. The molecule has 1 aliphatic carbocycles. The quantitative estimate of drug-likeness (QED) is 0.448. The molecule has 168 valence electrons. The van der Waals surface area contributed by atoms with Crippen molar-refractivity contribution in [2.45, 2.75) is 97.9 Å². The van der Waals surface area contributed by atoms with Crippen molar-refractivity contribution in [2.24, 2.45) is 5.41 Å². The topological polar surface area (TPSA) is 29.5 Å². The highest BCUT2D eigenvalue weighted by Gasteiger charge is 2.37. The smallest absolute Gasteiger partial charge is 0.191 e. The van der Waals surface area contributed by atoms with Gasteiger partial charge in [-0.1, -0.05) is 70.5 Å². The van der Waals surface area contributed by atoms with Gasteiger partial charge in [0.2, 0.25) is 0 Å². The highest BCUT2D eigenvalue weighted by Crippen LogP contribution is 2.41. The Hall–Kier alpha value is -1.16. The first kappa shape index (κ1) is 25.1. The van der Waals surface area contributed by atoms with E-state index < -0.39 is 13.9 Å². The number of aliphatic hydroxyl groups is 1. The average Bonchev–Trinajstić information content (AvgIpc) is 2.59. The van der Waals surface area contributed by atoms with Gasteiger partial charge in [0.1, 0.15) is 0 Å². The zero-order valence-electron chi connectivity index (χ0n) is 20.9. The summed E-state index contributed by atoms with van der Waals surface area (Å²) in [6.07, 6.45) is 8.83. The molecule has 0 aliphatic heterocycles. The summed E-state index contributed by atoms with van der Waals surface area (Å²) in [4.78, 5) is 0. The summed E-state index contributed by atoms with van der Waals surface area (Å²) in [7, 11) is -1.80. The number of rotatable bonds is 7. The van der Waals surface area contributed by atoms with Crippen molar-refractivity contribution in [3.63, 3.8) is 0 Å². The molecule has 1 unspecified atom stereocenters. The number of hydrogen-bond acceptors (Lipinski definition) is 2. The third-order valence-electron chi connectivity index (χ3n) is 7.35. The van der Waals surface area contributed by atoms with Crippen molar-refractivity contribution in [3.8, 4) is 0 Å². The van der Waals surface area contributed by atoms with Crippen LogP contribution in [0.25, 0.3) is 6.08 Å². The molecular weight excluding hydrogens is 384 g/mol. The zero-order valence-corrected chi connectivity index (χ0v) is 21.9. The van der Waals surface area contributed by atoms with Gasteiger partial charge in [-0.3, -0.25) is 0 Å². The molecule has 0 bridgehead atoms. The lowest BCUT2D eigenvalue weighted by atomic mass is 9.72. The van der Waals surface area contributed by atoms with E-state index in [0.717, 1.165) is 11.1 Å². The van der Waals surface area contributed by atoms with E-state index in [4.69, 9.17) is 4.43 Å². The number of hydrogen-bond donors (Lipinski definition) is 1. The van der Waals surface area contributed by atoms with Crippen LogP contribution in [0, 0.1) is 5.41 Å². The minimum atomic E-state index is -1.80. The Morgan fingerprint density at radius 2 is 1.80 bits per heavy atom. The van der Waals surface area contributed by atoms with Crippen LogP contribution in [0.15, 0.2) is 41.5 Å². The lowest BCUT2D eigenvalue weighted by molar-refractivity contribution is 0.0316. The van der Waals surface area contributed by atoms with E-state index in [2.05, 4.69) is 78.9 Å². The Bertz CT molecular complexity index is 791. The van der Waals surface area contributed by atoms with Gasteiger partial charge in [-0.15, -0.1) is 0 Å². The van der Waals surface area contributed by atoms with E-state index in [-0.39, 0.29) is 10.5 Å². The largest absolute Gasteiger partial charge is 0.417 e. The molecule has 1 aliphatic rings. The summed E-state index contributed by atoms with van der Waals surface area (Å²) in [5.74, 6) is 0. The molecule has 0 heterocycles. The fourth-order valence-electron chi connectivity index (χ4n) is 4.03. The van der Waals surface area contributed by atoms with Gasteiger partial charge in [0, 0.05) is 13.0 Å². The first-order chi connectivity index (χ1) is 13.7. The monoisotopic (exact) mass is 428 g/mol. The van der Waals surface area contributed by atoms with Crippen LogP contribution in [0.3, 0.4) is 0 Å². The van der Waals surface area contributed by atoms with Gasteiger partial charge >= 0.3 is 0 Å². The second-order valence-electron chi connectivity index (χ2n) is 11.5. The van der Waals surface area contributed by atoms with Gasteiger partial charge in [-0.2, -0.15) is 0 Å². The SMILES string of the molecule is CC1=C(/C=C/c2cccc(C(C)(O)CCO[Si](C)(C)C(C)(C)C)c2)C(C)(C)CCC1. The lowest BCUT2D eigenvalue weighted by Gasteiger charge is -2.37. The first-order valence-corrected chi connectivity index (χ1v) is 14.4. The van der Waals surface area contributed by atoms with Crippen LogP contribution in [-0.2, 0) is 10.0 Å². The van der Waals surface area contributed by atoms with Gasteiger partial charge in [-0.05, 0) is 79.4 Å². The van der Waals surface area contributed by atoms with Gasteiger partial charge in [0.05, 0.1) is 5.60 Å². The molecule has 2 nitrogen and oxygen atoms in total. The molecule has 3 heteroatoms. The van der Waals surface area contributed by atoms with Crippen molar-refractivity contribution in [3.05, 3.63) is 52.6 Å². The van der Waals surface area contributed by atoms with Crippen molar-refractivity contribution in [1.29, 1.82) is 0 Å². The summed E-state index contributed by atoms with van der Waals surface area (Å²) in [6, 6.07) is 8.31. The van der Waals surface area contributed by atoms with Crippen LogP contribution in [0.2, 0.25) is 18.1 Å². The highest BCUT2D eigenvalue weighted by atomic mass is 28.4. The molecule has 0 aromatic heterocycles. The minimum absolute atomic E-state index is 0.184. The molecule has 2 rings (SSSR count). The van der Waals surface area contributed by atoms with E-state index in [0.29, 0.717) is 13.0 Å². The van der Waals surface area contributed by atoms with Gasteiger partial charge in [0.15, 0.2) is 8.32 Å². The van der Waals surface area contributed by atoms with Crippen molar-refractivity contribution >= 4 is 14.4 Å². The van der Waals surface area contributed by atoms with Crippen LogP contribution < -0.4 is 0 Å². The number of benzene rings is 1. The molecule has 0 spiro atoms. The molecule has 0 amide bonds. The minimum Gasteiger partial charge on any atom is -0.417 e. The van der Waals surface area contributed by atoms with Crippen LogP contribution in [0.4, 0.5) is 0 Å². The normalized spacial score (nSPS) is 19.9. The van der Waals surface area contributed by atoms with Crippen molar-refractivity contribution in [1.82, 2.24) is 0 Å². The Kier molecular flexibility index (Phi) is 7.65. The predicted molar refractivity (Wildman–Crippen MR) is 133 cm³/mol. The molecule has 30 heavy (non-hydrogen) atoms. The van der Waals surface area contributed by atoms with E-state index in [1.54, 1.807) is 0 Å². The summed E-state index contributed by atoms with van der Waals surface area (Å²) >= 11 is 0.